The Hall–Kier alpha value is -1.66. The summed E-state index contributed by atoms with van der Waals surface area (Å²) in [6.07, 6.45) is 7.32. The first-order valence-corrected chi connectivity index (χ1v) is 11.4. The molecule has 0 atom stereocenters. The number of nitrogens with zero attached hydrogens (tertiary/aromatic N) is 2. The Morgan fingerprint density at radius 1 is 0.750 bits per heavy atom. The fourth-order valence-electron chi connectivity index (χ4n) is 2.16. The zero-order valence-electron chi connectivity index (χ0n) is 15.6. The van der Waals surface area contributed by atoms with Gasteiger partial charge in [0.1, 0.15) is 11.5 Å². The van der Waals surface area contributed by atoms with E-state index in [1.807, 2.05) is 12.1 Å². The van der Waals surface area contributed by atoms with Crippen LogP contribution in [0.3, 0.4) is 0 Å². The number of alkyl halides is 2. The number of unbranched alkanes of at least 4 members (excludes halogenated alkanes) is 2. The monoisotopic (exact) mass is 504 g/mol. The van der Waals surface area contributed by atoms with Gasteiger partial charge in [-0.2, -0.15) is 10.2 Å². The van der Waals surface area contributed by atoms with Crippen LogP contribution in [0.2, 0.25) is 0 Å². The van der Waals surface area contributed by atoms with Gasteiger partial charge in [0.15, 0.2) is 0 Å². The number of hydrogen-bond donors (Lipinski definition) is 0. The van der Waals surface area contributed by atoms with Gasteiger partial charge in [-0.3, -0.25) is 0 Å². The van der Waals surface area contributed by atoms with Gasteiger partial charge in [-0.05, 0) is 49.9 Å². The Labute approximate surface area is 184 Å². The van der Waals surface area contributed by atoms with Crippen molar-refractivity contribution in [2.45, 2.75) is 25.7 Å². The van der Waals surface area contributed by atoms with Gasteiger partial charge in [0.05, 0.1) is 25.6 Å². The first kappa shape index (κ1) is 22.6. The molecule has 0 heterocycles. The molecule has 0 aliphatic carbocycles. The molecule has 0 fully saturated rings. The third kappa shape index (κ3) is 8.57. The molecule has 0 saturated carbocycles. The van der Waals surface area contributed by atoms with Gasteiger partial charge in [0.25, 0.3) is 0 Å². The second-order valence-electron chi connectivity index (χ2n) is 5.74. The minimum Gasteiger partial charge on any atom is -0.493 e. The van der Waals surface area contributed by atoms with E-state index >= 15 is 0 Å². The maximum atomic E-state index is 5.79. The minimum atomic E-state index is 0.651. The van der Waals surface area contributed by atoms with Crippen LogP contribution in [0.25, 0.3) is 0 Å². The van der Waals surface area contributed by atoms with E-state index in [0.29, 0.717) is 24.3 Å². The lowest BCUT2D eigenvalue weighted by Gasteiger charge is -2.07. The number of hydrogen-bond acceptors (Lipinski definition) is 4. The van der Waals surface area contributed by atoms with Gasteiger partial charge in [-0.15, -0.1) is 0 Å². The second kappa shape index (κ2) is 14.4. The maximum Gasteiger partial charge on any atom is 0.128 e. The van der Waals surface area contributed by atoms with Crippen molar-refractivity contribution >= 4 is 44.3 Å². The zero-order chi connectivity index (χ0) is 19.9. The van der Waals surface area contributed by atoms with Gasteiger partial charge in [0.2, 0.25) is 0 Å². The van der Waals surface area contributed by atoms with E-state index < -0.39 is 0 Å². The maximum absolute atomic E-state index is 5.79. The number of rotatable bonds is 13. The SMILES string of the molecule is BrCCCCOc1cc[c][c]c1/C=N/N=C/c1[c][c]ccc1OCCCCBr. The molecular weight excluding hydrogens is 484 g/mol. The summed E-state index contributed by atoms with van der Waals surface area (Å²) >= 11 is 6.84. The van der Waals surface area contributed by atoms with E-state index in [2.05, 4.69) is 66.3 Å². The van der Waals surface area contributed by atoms with E-state index in [1.165, 1.54) is 0 Å². The normalized spacial score (nSPS) is 11.4. The van der Waals surface area contributed by atoms with E-state index in [0.717, 1.165) is 47.8 Å². The van der Waals surface area contributed by atoms with Crippen LogP contribution in [-0.4, -0.2) is 36.3 Å². The standard InChI is InChI=1S/C22H22Br2N2O2/c23-13-5-7-15-27-21-11-3-1-9-19(21)17-25-26-18-20-10-2-4-12-22(20)28-16-8-6-14-24/h3-4,11-12,17-18H,5-8,13-16H2/b25-17+,26-18+. The van der Waals surface area contributed by atoms with Crippen LogP contribution in [0.15, 0.2) is 34.5 Å². The smallest absolute Gasteiger partial charge is 0.128 e. The molecule has 0 aliphatic heterocycles. The summed E-state index contributed by atoms with van der Waals surface area (Å²) in [5, 5.41) is 10.2. The molecule has 146 valence electrons. The molecule has 2 rings (SSSR count). The third-order valence-corrected chi connectivity index (χ3v) is 4.71. The molecule has 2 aromatic carbocycles. The Morgan fingerprint density at radius 2 is 1.21 bits per heavy atom. The van der Waals surface area contributed by atoms with E-state index in [-0.39, 0.29) is 0 Å². The van der Waals surface area contributed by atoms with Gasteiger partial charge in [0, 0.05) is 33.9 Å². The molecule has 0 bridgehead atoms. The molecule has 0 spiro atoms. The van der Waals surface area contributed by atoms with Crippen LogP contribution in [0, 0.1) is 24.3 Å². The summed E-state index contributed by atoms with van der Waals surface area (Å²) < 4.78 is 11.6. The fraction of sp³-hybridized carbons (Fsp3) is 0.364. The van der Waals surface area contributed by atoms with Crippen LogP contribution in [-0.2, 0) is 0 Å². The fourth-order valence-corrected chi connectivity index (χ4v) is 2.95. The summed E-state index contributed by atoms with van der Waals surface area (Å²) in [4.78, 5) is 0. The van der Waals surface area contributed by atoms with Crippen molar-refractivity contribution in [2.75, 3.05) is 23.9 Å². The predicted octanol–water partition coefficient (Wildman–Crippen LogP) is 5.45. The summed E-state index contributed by atoms with van der Waals surface area (Å²) in [6, 6.07) is 19.1. The highest BCUT2D eigenvalue weighted by Crippen LogP contribution is 2.17. The Kier molecular flexibility index (Phi) is 11.6. The van der Waals surface area contributed by atoms with Gasteiger partial charge < -0.3 is 9.47 Å². The molecule has 0 aliphatic rings. The highest BCUT2D eigenvalue weighted by atomic mass is 79.9. The average molecular weight is 506 g/mol. The number of ether oxygens (including phenoxy) is 2. The molecule has 0 amide bonds. The van der Waals surface area contributed by atoms with Crippen molar-refractivity contribution in [2.24, 2.45) is 10.2 Å². The molecule has 28 heavy (non-hydrogen) atoms. The Balaban J connectivity index is 1.95. The van der Waals surface area contributed by atoms with Crippen LogP contribution in [0.1, 0.15) is 36.8 Å². The Morgan fingerprint density at radius 3 is 1.64 bits per heavy atom. The van der Waals surface area contributed by atoms with Crippen molar-refractivity contribution in [3.63, 3.8) is 0 Å². The quantitative estimate of drug-likeness (QED) is 0.157. The van der Waals surface area contributed by atoms with Crippen molar-refractivity contribution < 1.29 is 9.47 Å². The van der Waals surface area contributed by atoms with Gasteiger partial charge in [-0.1, -0.05) is 44.0 Å². The molecule has 4 radical (unpaired) electrons. The number of benzene rings is 2. The first-order chi connectivity index (χ1) is 13.8. The summed E-state index contributed by atoms with van der Waals surface area (Å²) in [5.74, 6) is 1.45. The Bertz CT molecular complexity index is 687. The minimum absolute atomic E-state index is 0.651. The van der Waals surface area contributed by atoms with Gasteiger partial charge >= 0.3 is 0 Å². The molecule has 0 N–H and O–H groups in total. The lowest BCUT2D eigenvalue weighted by molar-refractivity contribution is 0.309. The lowest BCUT2D eigenvalue weighted by atomic mass is 10.2. The third-order valence-electron chi connectivity index (χ3n) is 3.59. The second-order valence-corrected chi connectivity index (χ2v) is 7.33. The summed E-state index contributed by atoms with van der Waals surface area (Å²) in [6.45, 7) is 1.30. The highest BCUT2D eigenvalue weighted by molar-refractivity contribution is 9.09. The van der Waals surface area contributed by atoms with Crippen LogP contribution in [0.5, 0.6) is 11.5 Å². The lowest BCUT2D eigenvalue weighted by Crippen LogP contribution is -2.00. The summed E-state index contributed by atoms with van der Waals surface area (Å²) in [7, 11) is 0. The molecule has 0 unspecified atom stereocenters. The first-order valence-electron chi connectivity index (χ1n) is 9.14. The molecule has 2 aromatic rings. The van der Waals surface area contributed by atoms with Crippen molar-refractivity contribution in [1.82, 2.24) is 0 Å². The molecule has 0 saturated heterocycles. The summed E-state index contributed by atoms with van der Waals surface area (Å²) in [5.41, 5.74) is 1.43. The van der Waals surface area contributed by atoms with Crippen LogP contribution < -0.4 is 9.47 Å². The topological polar surface area (TPSA) is 43.2 Å². The molecular formula is C22H22Br2N2O2. The average Bonchev–Trinajstić information content (AvgIpc) is 2.73. The zero-order valence-corrected chi connectivity index (χ0v) is 18.8. The molecule has 6 heteroatoms. The highest BCUT2D eigenvalue weighted by Gasteiger charge is 2.02. The van der Waals surface area contributed by atoms with E-state index in [9.17, 15) is 0 Å². The number of halogens is 2. The van der Waals surface area contributed by atoms with Crippen LogP contribution in [0.4, 0.5) is 0 Å². The predicted molar refractivity (Wildman–Crippen MR) is 120 cm³/mol. The van der Waals surface area contributed by atoms with Crippen molar-refractivity contribution in [3.8, 4) is 11.5 Å². The largest absolute Gasteiger partial charge is 0.493 e. The molecule has 0 aromatic heterocycles. The van der Waals surface area contributed by atoms with E-state index in [4.69, 9.17) is 9.47 Å². The van der Waals surface area contributed by atoms with Gasteiger partial charge in [-0.25, -0.2) is 0 Å². The molecule has 4 nitrogen and oxygen atoms in total. The van der Waals surface area contributed by atoms with E-state index in [1.54, 1.807) is 24.6 Å². The van der Waals surface area contributed by atoms with Crippen LogP contribution >= 0.6 is 31.9 Å². The van der Waals surface area contributed by atoms with Crippen molar-refractivity contribution in [1.29, 1.82) is 0 Å². The van der Waals surface area contributed by atoms with Crippen molar-refractivity contribution in [3.05, 3.63) is 59.7 Å².